The van der Waals surface area contributed by atoms with Crippen LogP contribution in [0.4, 0.5) is 0 Å². The van der Waals surface area contributed by atoms with Gasteiger partial charge in [-0.05, 0) is 60.2 Å². The summed E-state index contributed by atoms with van der Waals surface area (Å²) in [6, 6.07) is 24.9. The van der Waals surface area contributed by atoms with Gasteiger partial charge in [0.1, 0.15) is 23.0 Å². The Balaban J connectivity index is 1.85. The predicted molar refractivity (Wildman–Crippen MR) is 110 cm³/mol. The Morgan fingerprint density at radius 1 is 0.643 bits per heavy atom. The van der Waals surface area contributed by atoms with Gasteiger partial charge < -0.3 is 18.9 Å². The molecule has 0 bridgehead atoms. The Labute approximate surface area is 165 Å². The van der Waals surface area contributed by atoms with Gasteiger partial charge in [0.25, 0.3) is 0 Å². The van der Waals surface area contributed by atoms with Crippen molar-refractivity contribution < 1.29 is 18.9 Å². The number of benzene rings is 3. The molecule has 0 aliphatic heterocycles. The third-order valence-electron chi connectivity index (χ3n) is 4.31. The van der Waals surface area contributed by atoms with Gasteiger partial charge in [0.15, 0.2) is 12.2 Å². The summed E-state index contributed by atoms with van der Waals surface area (Å²) in [5, 5.41) is 0. The van der Waals surface area contributed by atoms with E-state index >= 15 is 0 Å². The van der Waals surface area contributed by atoms with Crippen molar-refractivity contribution in [1.82, 2.24) is 0 Å². The second kappa shape index (κ2) is 9.51. The zero-order valence-electron chi connectivity index (χ0n) is 16.1. The molecule has 3 aromatic rings. The molecule has 0 saturated carbocycles. The van der Waals surface area contributed by atoms with Crippen molar-refractivity contribution >= 4 is 0 Å². The third-order valence-corrected chi connectivity index (χ3v) is 4.31. The molecule has 0 saturated heterocycles. The molecule has 0 aliphatic carbocycles. The Kier molecular flexibility index (Phi) is 6.58. The lowest BCUT2D eigenvalue weighted by molar-refractivity contribution is 0.0830. The van der Waals surface area contributed by atoms with E-state index in [4.69, 9.17) is 18.9 Å². The normalized spacial score (nSPS) is 12.5. The first-order valence-electron chi connectivity index (χ1n) is 9.02. The third kappa shape index (κ3) is 4.86. The minimum Gasteiger partial charge on any atom is -0.497 e. The van der Waals surface area contributed by atoms with E-state index in [0.29, 0.717) is 5.75 Å². The zero-order valence-corrected chi connectivity index (χ0v) is 16.1. The smallest absolute Gasteiger partial charge is 0.164 e. The molecule has 4 heteroatoms. The molecule has 4 nitrogen and oxygen atoms in total. The van der Waals surface area contributed by atoms with Crippen molar-refractivity contribution in [1.29, 1.82) is 0 Å². The maximum atomic E-state index is 6.29. The number of rotatable bonds is 9. The van der Waals surface area contributed by atoms with Crippen LogP contribution in [0.15, 0.2) is 91.5 Å². The van der Waals surface area contributed by atoms with Gasteiger partial charge in [-0.15, -0.1) is 0 Å². The molecule has 2 atom stereocenters. The zero-order chi connectivity index (χ0) is 19.8. The highest BCUT2D eigenvalue weighted by atomic mass is 16.5. The highest BCUT2D eigenvalue weighted by Crippen LogP contribution is 2.30. The van der Waals surface area contributed by atoms with Gasteiger partial charge in [-0.2, -0.15) is 0 Å². The van der Waals surface area contributed by atoms with Gasteiger partial charge in [0.2, 0.25) is 0 Å². The fourth-order valence-electron chi connectivity index (χ4n) is 2.81. The fourth-order valence-corrected chi connectivity index (χ4v) is 2.81. The predicted octanol–water partition coefficient (Wildman–Crippen LogP) is 5.46. The van der Waals surface area contributed by atoms with Gasteiger partial charge in [-0.3, -0.25) is 0 Å². The van der Waals surface area contributed by atoms with Crippen LogP contribution in [-0.2, 0) is 0 Å². The van der Waals surface area contributed by atoms with E-state index in [2.05, 4.69) is 6.58 Å². The maximum Gasteiger partial charge on any atom is 0.164 e. The molecule has 0 aromatic heterocycles. The molecule has 28 heavy (non-hydrogen) atoms. The number of methoxy groups -OCH3 is 2. The molecule has 0 aliphatic rings. The lowest BCUT2D eigenvalue weighted by atomic mass is 10.0. The molecule has 0 heterocycles. The average Bonchev–Trinajstić information content (AvgIpc) is 2.77. The molecule has 3 aromatic carbocycles. The molecular formula is C24H24O4. The minimum absolute atomic E-state index is 0.366. The van der Waals surface area contributed by atoms with E-state index in [0.717, 1.165) is 22.8 Å². The fraction of sp³-hybridized carbons (Fsp3) is 0.167. The van der Waals surface area contributed by atoms with Crippen LogP contribution in [0.3, 0.4) is 0 Å². The first kappa shape index (κ1) is 19.4. The van der Waals surface area contributed by atoms with Crippen molar-refractivity contribution in [2.45, 2.75) is 12.2 Å². The van der Waals surface area contributed by atoms with Crippen molar-refractivity contribution in [2.24, 2.45) is 0 Å². The van der Waals surface area contributed by atoms with Crippen LogP contribution in [0.1, 0.15) is 11.7 Å². The molecule has 0 N–H and O–H groups in total. The minimum atomic E-state index is -0.391. The molecule has 0 radical (unpaired) electrons. The van der Waals surface area contributed by atoms with Crippen LogP contribution >= 0.6 is 0 Å². The summed E-state index contributed by atoms with van der Waals surface area (Å²) in [4.78, 5) is 0. The van der Waals surface area contributed by atoms with Crippen LogP contribution in [-0.4, -0.2) is 20.3 Å². The number of hydrogen-bond acceptors (Lipinski definition) is 4. The molecule has 0 unspecified atom stereocenters. The topological polar surface area (TPSA) is 36.9 Å². The lowest BCUT2D eigenvalue weighted by Crippen LogP contribution is -2.27. The summed E-state index contributed by atoms with van der Waals surface area (Å²) in [6.07, 6.45) is 0.998. The van der Waals surface area contributed by atoms with Crippen LogP contribution in [0.2, 0.25) is 0 Å². The Bertz CT molecular complexity index is 857. The molecular weight excluding hydrogens is 352 g/mol. The highest BCUT2D eigenvalue weighted by molar-refractivity contribution is 5.34. The van der Waals surface area contributed by atoms with Gasteiger partial charge in [0.05, 0.1) is 14.2 Å². The Morgan fingerprint density at radius 2 is 1.11 bits per heavy atom. The van der Waals surface area contributed by atoms with Gasteiger partial charge in [-0.1, -0.05) is 36.9 Å². The maximum absolute atomic E-state index is 6.29. The monoisotopic (exact) mass is 376 g/mol. The Morgan fingerprint density at radius 3 is 1.57 bits per heavy atom. The lowest BCUT2D eigenvalue weighted by Gasteiger charge is -2.27. The summed E-state index contributed by atoms with van der Waals surface area (Å²) < 4.78 is 22.9. The second-order valence-electron chi connectivity index (χ2n) is 6.12. The van der Waals surface area contributed by atoms with Crippen molar-refractivity contribution in [3.05, 3.63) is 97.1 Å². The summed E-state index contributed by atoms with van der Waals surface area (Å²) >= 11 is 0. The van der Waals surface area contributed by atoms with E-state index in [1.165, 1.54) is 0 Å². The molecule has 0 spiro atoms. The van der Waals surface area contributed by atoms with Crippen LogP contribution < -0.4 is 18.9 Å². The summed E-state index contributed by atoms with van der Waals surface area (Å²) in [5.74, 6) is 2.99. The van der Waals surface area contributed by atoms with Gasteiger partial charge in [0, 0.05) is 0 Å². The summed E-state index contributed by atoms with van der Waals surface area (Å²) in [5.41, 5.74) is 0.997. The van der Waals surface area contributed by atoms with E-state index in [9.17, 15) is 0 Å². The molecule has 0 fully saturated rings. The Hall–Kier alpha value is -3.40. The number of ether oxygens (including phenoxy) is 4. The average molecular weight is 376 g/mol. The van der Waals surface area contributed by atoms with E-state index in [1.54, 1.807) is 20.3 Å². The molecule has 0 amide bonds. The largest absolute Gasteiger partial charge is 0.497 e. The number of hydrogen-bond donors (Lipinski definition) is 0. The first-order valence-corrected chi connectivity index (χ1v) is 9.02. The van der Waals surface area contributed by atoms with Crippen LogP contribution in [0, 0.1) is 0 Å². The summed E-state index contributed by atoms with van der Waals surface area (Å²) in [7, 11) is 3.27. The van der Waals surface area contributed by atoms with Crippen LogP contribution in [0.5, 0.6) is 23.0 Å². The first-order chi connectivity index (χ1) is 13.7. The van der Waals surface area contributed by atoms with E-state index in [-0.39, 0.29) is 6.10 Å². The quantitative estimate of drug-likeness (QED) is 0.465. The summed E-state index contributed by atoms with van der Waals surface area (Å²) in [6.45, 7) is 3.96. The van der Waals surface area contributed by atoms with Crippen molar-refractivity contribution in [2.75, 3.05) is 14.2 Å². The highest BCUT2D eigenvalue weighted by Gasteiger charge is 2.25. The molecule has 3 rings (SSSR count). The SMILES string of the molecule is C=C[C@@H](Oc1ccc(OC)cc1)[C@H](Oc1ccc(OC)cc1)c1ccccc1. The van der Waals surface area contributed by atoms with E-state index < -0.39 is 6.10 Å². The van der Waals surface area contributed by atoms with Crippen molar-refractivity contribution in [3.63, 3.8) is 0 Å². The standard InChI is InChI=1S/C24H24O4/c1-4-23(27-21-14-10-19(25-2)11-15-21)24(18-8-6-5-7-9-18)28-22-16-12-20(26-3)13-17-22/h4-17,23-24H,1H2,2-3H3/t23-,24-/m1/s1. The second-order valence-corrected chi connectivity index (χ2v) is 6.12. The van der Waals surface area contributed by atoms with Gasteiger partial charge >= 0.3 is 0 Å². The van der Waals surface area contributed by atoms with E-state index in [1.807, 2.05) is 78.9 Å². The molecule has 144 valence electrons. The van der Waals surface area contributed by atoms with Crippen LogP contribution in [0.25, 0.3) is 0 Å². The van der Waals surface area contributed by atoms with Crippen molar-refractivity contribution in [3.8, 4) is 23.0 Å². The van der Waals surface area contributed by atoms with Gasteiger partial charge in [-0.25, -0.2) is 0 Å².